The average molecular weight is 413 g/mol. The second-order valence-electron chi connectivity index (χ2n) is 9.21. The van der Waals surface area contributed by atoms with E-state index < -0.39 is 0 Å². The van der Waals surface area contributed by atoms with Crippen molar-refractivity contribution in [1.82, 2.24) is 0 Å². The van der Waals surface area contributed by atoms with E-state index in [9.17, 15) is 9.90 Å². The molecule has 1 aliphatic carbocycles. The van der Waals surface area contributed by atoms with Crippen molar-refractivity contribution in [3.8, 4) is 0 Å². The van der Waals surface area contributed by atoms with Crippen molar-refractivity contribution in [3.05, 3.63) is 48.0 Å². The van der Waals surface area contributed by atoms with Crippen molar-refractivity contribution in [3.63, 3.8) is 0 Å². The summed E-state index contributed by atoms with van der Waals surface area (Å²) in [6.07, 6.45) is 24.4. The van der Waals surface area contributed by atoms with E-state index in [0.717, 1.165) is 19.3 Å². The molecule has 0 aliphatic heterocycles. The Morgan fingerprint density at radius 2 is 1.37 bits per heavy atom. The molecule has 2 unspecified atom stereocenters. The van der Waals surface area contributed by atoms with Crippen molar-refractivity contribution in [1.29, 1.82) is 0 Å². The minimum Gasteiger partial charge on any atom is -0.393 e. The van der Waals surface area contributed by atoms with Gasteiger partial charge in [0.2, 0.25) is 0 Å². The molecule has 0 spiro atoms. The molecular formula is C28H44O2. The Hall–Kier alpha value is -1.41. The molecular weight excluding hydrogens is 368 g/mol. The third-order valence-electron chi connectivity index (χ3n) is 6.51. The van der Waals surface area contributed by atoms with E-state index in [0.29, 0.717) is 12.2 Å². The Bertz CT molecular complexity index is 578. The summed E-state index contributed by atoms with van der Waals surface area (Å²) < 4.78 is 0. The number of hydrogen-bond acceptors (Lipinski definition) is 2. The fraction of sp³-hybridized carbons (Fsp3) is 0.679. The fourth-order valence-electron chi connectivity index (χ4n) is 4.56. The van der Waals surface area contributed by atoms with Crippen molar-refractivity contribution in [2.24, 2.45) is 5.92 Å². The minimum atomic E-state index is -0.366. The molecule has 0 aromatic heterocycles. The van der Waals surface area contributed by atoms with Gasteiger partial charge in [-0.3, -0.25) is 4.79 Å². The second kappa shape index (κ2) is 16.3. The summed E-state index contributed by atoms with van der Waals surface area (Å²) in [5.74, 6) is 0.544. The number of carbonyl (C=O) groups excluding carboxylic acids is 1. The summed E-state index contributed by atoms with van der Waals surface area (Å²) in [6, 6.07) is 10.8. The standard InChI is InChI=1S/C28H44O2/c29-27-23-22-26(28(30)24-27)21-17-12-10-8-6-4-2-1-3-5-7-9-11-14-18-25-19-15-13-16-20-25/h7,9,13,15-16,19-20,26-27,29H,1-6,8,10-12,14,17-18,21-24H2. The number of Topliss-reactive ketones (excluding diaryl/α,β-unsaturated/α-hetero) is 1. The number of ketones is 1. The normalized spacial score (nSPS) is 19.6. The molecule has 0 radical (unpaired) electrons. The largest absolute Gasteiger partial charge is 0.393 e. The number of aryl methyl sites for hydroxylation is 1. The lowest BCUT2D eigenvalue weighted by molar-refractivity contribution is -0.127. The molecule has 30 heavy (non-hydrogen) atoms. The monoisotopic (exact) mass is 412 g/mol. The molecule has 1 saturated carbocycles. The third-order valence-corrected chi connectivity index (χ3v) is 6.51. The van der Waals surface area contributed by atoms with Crippen LogP contribution in [0.5, 0.6) is 0 Å². The van der Waals surface area contributed by atoms with Gasteiger partial charge in [0.1, 0.15) is 5.78 Å². The van der Waals surface area contributed by atoms with Crippen LogP contribution in [-0.2, 0) is 11.2 Å². The lowest BCUT2D eigenvalue weighted by atomic mass is 9.83. The number of aliphatic hydroxyl groups is 1. The quantitative estimate of drug-likeness (QED) is 0.224. The van der Waals surface area contributed by atoms with E-state index in [1.165, 1.54) is 89.0 Å². The highest BCUT2D eigenvalue weighted by atomic mass is 16.3. The number of benzene rings is 1. The number of aliphatic hydroxyl groups excluding tert-OH is 1. The number of unbranched alkanes of at least 4 members (excludes halogenated alkanes) is 10. The molecule has 0 bridgehead atoms. The van der Waals surface area contributed by atoms with Crippen LogP contribution in [0.15, 0.2) is 42.5 Å². The summed E-state index contributed by atoms with van der Waals surface area (Å²) in [5.41, 5.74) is 1.45. The van der Waals surface area contributed by atoms with Gasteiger partial charge in [-0.05, 0) is 56.9 Å². The molecule has 0 heterocycles. The molecule has 2 rings (SSSR count). The van der Waals surface area contributed by atoms with E-state index in [1.807, 2.05) is 0 Å². The second-order valence-corrected chi connectivity index (χ2v) is 9.21. The van der Waals surface area contributed by atoms with Crippen LogP contribution in [0.4, 0.5) is 0 Å². The topological polar surface area (TPSA) is 37.3 Å². The summed E-state index contributed by atoms with van der Waals surface area (Å²) >= 11 is 0. The maximum atomic E-state index is 11.9. The smallest absolute Gasteiger partial charge is 0.138 e. The van der Waals surface area contributed by atoms with Crippen molar-refractivity contribution >= 4 is 5.78 Å². The molecule has 0 amide bonds. The third kappa shape index (κ3) is 11.7. The van der Waals surface area contributed by atoms with Crippen LogP contribution in [0, 0.1) is 5.92 Å². The Balaban J connectivity index is 1.29. The van der Waals surface area contributed by atoms with E-state index in [1.54, 1.807) is 0 Å². The molecule has 1 aromatic rings. The van der Waals surface area contributed by atoms with Gasteiger partial charge in [0.05, 0.1) is 6.10 Å². The highest BCUT2D eigenvalue weighted by Crippen LogP contribution is 2.26. The van der Waals surface area contributed by atoms with Crippen LogP contribution in [0.2, 0.25) is 0 Å². The van der Waals surface area contributed by atoms with Crippen LogP contribution in [0.3, 0.4) is 0 Å². The summed E-state index contributed by atoms with van der Waals surface area (Å²) in [6.45, 7) is 0. The van der Waals surface area contributed by atoms with Gasteiger partial charge in [-0.25, -0.2) is 0 Å². The zero-order valence-corrected chi connectivity index (χ0v) is 19.1. The number of hydrogen-bond donors (Lipinski definition) is 1. The van der Waals surface area contributed by atoms with Gasteiger partial charge in [-0.15, -0.1) is 0 Å². The van der Waals surface area contributed by atoms with Crippen LogP contribution in [0.1, 0.15) is 108 Å². The molecule has 2 atom stereocenters. The minimum absolute atomic E-state index is 0.242. The zero-order chi connectivity index (χ0) is 21.3. The first-order valence-electron chi connectivity index (χ1n) is 12.7. The summed E-state index contributed by atoms with van der Waals surface area (Å²) in [4.78, 5) is 11.9. The average Bonchev–Trinajstić information content (AvgIpc) is 2.75. The molecule has 1 N–H and O–H groups in total. The highest BCUT2D eigenvalue weighted by molar-refractivity contribution is 5.82. The van der Waals surface area contributed by atoms with E-state index >= 15 is 0 Å². The van der Waals surface area contributed by atoms with Crippen molar-refractivity contribution in [2.75, 3.05) is 0 Å². The van der Waals surface area contributed by atoms with Gasteiger partial charge < -0.3 is 5.11 Å². The van der Waals surface area contributed by atoms with Gasteiger partial charge in [-0.2, -0.15) is 0 Å². The summed E-state index contributed by atoms with van der Waals surface area (Å²) in [5, 5.41) is 9.51. The first-order valence-corrected chi connectivity index (χ1v) is 12.7. The van der Waals surface area contributed by atoms with Gasteiger partial charge >= 0.3 is 0 Å². The molecule has 1 aromatic carbocycles. The van der Waals surface area contributed by atoms with Gasteiger partial charge in [-0.1, -0.05) is 93.9 Å². The highest BCUT2D eigenvalue weighted by Gasteiger charge is 2.26. The first kappa shape index (κ1) is 24.9. The number of carbonyl (C=O) groups is 1. The van der Waals surface area contributed by atoms with Gasteiger partial charge in [0, 0.05) is 12.3 Å². The lowest BCUT2D eigenvalue weighted by Gasteiger charge is -2.24. The number of rotatable bonds is 16. The lowest BCUT2D eigenvalue weighted by Crippen LogP contribution is -2.27. The molecule has 1 aliphatic rings. The maximum absolute atomic E-state index is 11.9. The van der Waals surface area contributed by atoms with E-state index in [2.05, 4.69) is 42.5 Å². The summed E-state index contributed by atoms with van der Waals surface area (Å²) in [7, 11) is 0. The Labute approximate surface area is 185 Å². The predicted molar refractivity (Wildman–Crippen MR) is 128 cm³/mol. The molecule has 1 fully saturated rings. The molecule has 2 nitrogen and oxygen atoms in total. The fourth-order valence-corrected chi connectivity index (χ4v) is 4.56. The van der Waals surface area contributed by atoms with E-state index in [-0.39, 0.29) is 12.0 Å². The van der Waals surface area contributed by atoms with Crippen molar-refractivity contribution < 1.29 is 9.90 Å². The Kier molecular flexibility index (Phi) is 13.5. The molecule has 2 heteroatoms. The van der Waals surface area contributed by atoms with Crippen LogP contribution >= 0.6 is 0 Å². The molecule has 0 saturated heterocycles. The predicted octanol–water partition coefficient (Wildman–Crippen LogP) is 7.59. The van der Waals surface area contributed by atoms with Gasteiger partial charge in [0.15, 0.2) is 0 Å². The zero-order valence-electron chi connectivity index (χ0n) is 19.1. The van der Waals surface area contributed by atoms with Gasteiger partial charge in [0.25, 0.3) is 0 Å². The maximum Gasteiger partial charge on any atom is 0.138 e. The Morgan fingerprint density at radius 1 is 0.767 bits per heavy atom. The first-order chi connectivity index (χ1) is 14.8. The van der Waals surface area contributed by atoms with Crippen LogP contribution < -0.4 is 0 Å². The molecule has 168 valence electrons. The van der Waals surface area contributed by atoms with Crippen LogP contribution in [-0.4, -0.2) is 17.0 Å². The number of allylic oxidation sites excluding steroid dienone is 2. The van der Waals surface area contributed by atoms with E-state index in [4.69, 9.17) is 0 Å². The van der Waals surface area contributed by atoms with Crippen molar-refractivity contribution in [2.45, 2.75) is 115 Å². The van der Waals surface area contributed by atoms with Crippen LogP contribution in [0.25, 0.3) is 0 Å². The Morgan fingerprint density at radius 3 is 2.03 bits per heavy atom. The SMILES string of the molecule is O=C1CC(O)CCC1CCCCCCCCCCCC=CCCCc1ccccc1.